The second-order valence-electron chi connectivity index (χ2n) is 2.95. The molecule has 1 N–H and O–H groups in total. The quantitative estimate of drug-likeness (QED) is 0.813. The molecule has 0 saturated carbocycles. The van der Waals surface area contributed by atoms with Crippen molar-refractivity contribution in [3.05, 3.63) is 44.3 Å². The molecule has 2 rings (SSSR count). The summed E-state index contributed by atoms with van der Waals surface area (Å²) in [4.78, 5) is 8.02. The third kappa shape index (κ3) is 2.56. The van der Waals surface area contributed by atoms with Gasteiger partial charge in [0.15, 0.2) is 0 Å². The Morgan fingerprint density at radius 2 is 2.06 bits per heavy atom. The molecule has 1 aromatic carbocycles. The van der Waals surface area contributed by atoms with Gasteiger partial charge in [-0.2, -0.15) is 0 Å². The zero-order valence-electron chi connectivity index (χ0n) is 7.92. The molecule has 0 aliphatic rings. The van der Waals surface area contributed by atoms with E-state index in [-0.39, 0.29) is 0 Å². The molecular weight excluding hydrogens is 360 g/mol. The lowest BCUT2D eigenvalue weighted by molar-refractivity contribution is 1.15. The first-order valence-electron chi connectivity index (χ1n) is 4.35. The maximum absolute atomic E-state index is 6.06. The van der Waals surface area contributed by atoms with Crippen LogP contribution in [-0.2, 0) is 0 Å². The minimum absolute atomic E-state index is 0.485. The van der Waals surface area contributed by atoms with Crippen LogP contribution < -0.4 is 5.32 Å². The first-order valence-corrected chi connectivity index (χ1v) is 6.18. The Hall–Kier alpha value is -0.590. The van der Waals surface area contributed by atoms with Crippen LogP contribution in [0.15, 0.2) is 30.7 Å². The first-order chi connectivity index (χ1) is 7.68. The fourth-order valence-electron chi connectivity index (χ4n) is 1.13. The lowest BCUT2D eigenvalue weighted by Gasteiger charge is -2.09. The van der Waals surface area contributed by atoms with Gasteiger partial charge in [0.1, 0.15) is 12.1 Å². The standard InChI is InChI=1S/C10H6Cl2IN3/c11-6-2-1-3-8(9(6)12)16-10-7(13)4-14-5-15-10/h1-5H,(H,14,15,16). The van der Waals surface area contributed by atoms with Crippen molar-refractivity contribution in [2.45, 2.75) is 0 Å². The molecule has 0 bridgehead atoms. The van der Waals surface area contributed by atoms with Crippen molar-refractivity contribution in [1.29, 1.82) is 0 Å². The largest absolute Gasteiger partial charge is 0.338 e. The molecule has 0 saturated heterocycles. The highest BCUT2D eigenvalue weighted by Crippen LogP contribution is 2.31. The number of nitrogens with one attached hydrogen (secondary N) is 1. The Bertz CT molecular complexity index is 519. The second-order valence-corrected chi connectivity index (χ2v) is 4.89. The summed E-state index contributed by atoms with van der Waals surface area (Å²) < 4.78 is 0.913. The van der Waals surface area contributed by atoms with Crippen molar-refractivity contribution in [2.24, 2.45) is 0 Å². The molecule has 2 aromatic rings. The summed E-state index contributed by atoms with van der Waals surface area (Å²) in [5.74, 6) is 0.708. The summed E-state index contributed by atoms with van der Waals surface area (Å²) >= 11 is 14.1. The molecule has 3 nitrogen and oxygen atoms in total. The highest BCUT2D eigenvalue weighted by molar-refractivity contribution is 14.1. The molecule has 1 aromatic heterocycles. The van der Waals surface area contributed by atoms with E-state index in [0.717, 1.165) is 9.26 Å². The van der Waals surface area contributed by atoms with Gasteiger partial charge in [0.25, 0.3) is 0 Å². The lowest BCUT2D eigenvalue weighted by Crippen LogP contribution is -1.97. The van der Waals surface area contributed by atoms with Crippen molar-refractivity contribution in [2.75, 3.05) is 5.32 Å². The fourth-order valence-corrected chi connectivity index (χ4v) is 1.92. The van der Waals surface area contributed by atoms with Crippen molar-refractivity contribution < 1.29 is 0 Å². The van der Waals surface area contributed by atoms with Gasteiger partial charge in [0, 0.05) is 6.20 Å². The number of rotatable bonds is 2. The number of halogens is 3. The van der Waals surface area contributed by atoms with Crippen LogP contribution in [0.5, 0.6) is 0 Å². The van der Waals surface area contributed by atoms with Gasteiger partial charge in [-0.1, -0.05) is 29.3 Å². The minimum atomic E-state index is 0.485. The van der Waals surface area contributed by atoms with Gasteiger partial charge >= 0.3 is 0 Å². The van der Waals surface area contributed by atoms with Crippen LogP contribution in [0, 0.1) is 3.57 Å². The van der Waals surface area contributed by atoms with Gasteiger partial charge in [0.2, 0.25) is 0 Å². The van der Waals surface area contributed by atoms with Gasteiger partial charge < -0.3 is 5.32 Å². The third-order valence-corrected chi connectivity index (χ3v) is 3.48. The van der Waals surface area contributed by atoms with Crippen LogP contribution in [0.25, 0.3) is 0 Å². The SMILES string of the molecule is Clc1cccc(Nc2ncncc2I)c1Cl. The summed E-state index contributed by atoms with van der Waals surface area (Å²) in [7, 11) is 0. The summed E-state index contributed by atoms with van der Waals surface area (Å²) in [5, 5.41) is 4.10. The number of aromatic nitrogens is 2. The third-order valence-electron chi connectivity index (χ3n) is 1.87. The van der Waals surface area contributed by atoms with Crippen molar-refractivity contribution in [1.82, 2.24) is 9.97 Å². The van der Waals surface area contributed by atoms with E-state index in [4.69, 9.17) is 23.2 Å². The minimum Gasteiger partial charge on any atom is -0.338 e. The molecule has 0 radical (unpaired) electrons. The molecule has 0 amide bonds. The topological polar surface area (TPSA) is 37.8 Å². The monoisotopic (exact) mass is 365 g/mol. The van der Waals surface area contributed by atoms with E-state index in [1.54, 1.807) is 12.3 Å². The summed E-state index contributed by atoms with van der Waals surface area (Å²) in [6.07, 6.45) is 3.19. The Labute approximate surface area is 116 Å². The van der Waals surface area contributed by atoms with Gasteiger partial charge in [-0.15, -0.1) is 0 Å². The van der Waals surface area contributed by atoms with Gasteiger partial charge in [-0.05, 0) is 34.7 Å². The summed E-state index contributed by atoms with van der Waals surface area (Å²) in [6, 6.07) is 5.40. The number of benzene rings is 1. The Balaban J connectivity index is 2.35. The lowest BCUT2D eigenvalue weighted by atomic mass is 10.3. The first kappa shape index (κ1) is 11.9. The van der Waals surface area contributed by atoms with Crippen LogP contribution in [0.4, 0.5) is 11.5 Å². The maximum atomic E-state index is 6.06. The summed E-state index contributed by atoms with van der Waals surface area (Å²) in [6.45, 7) is 0. The molecule has 0 aliphatic carbocycles. The fraction of sp³-hybridized carbons (Fsp3) is 0. The maximum Gasteiger partial charge on any atom is 0.147 e. The molecular formula is C10H6Cl2IN3. The molecule has 1 heterocycles. The van der Waals surface area contributed by atoms with E-state index < -0.39 is 0 Å². The number of nitrogens with zero attached hydrogens (tertiary/aromatic N) is 2. The second kappa shape index (κ2) is 5.16. The molecule has 0 unspecified atom stereocenters. The Kier molecular flexibility index (Phi) is 3.83. The van der Waals surface area contributed by atoms with Crippen LogP contribution in [0.1, 0.15) is 0 Å². The van der Waals surface area contributed by atoms with Crippen molar-refractivity contribution >= 4 is 57.3 Å². The molecule has 16 heavy (non-hydrogen) atoms. The van der Waals surface area contributed by atoms with Crippen LogP contribution in [0.2, 0.25) is 10.0 Å². The van der Waals surface area contributed by atoms with Crippen LogP contribution in [0.3, 0.4) is 0 Å². The summed E-state index contributed by atoms with van der Waals surface area (Å²) in [5.41, 5.74) is 0.728. The van der Waals surface area contributed by atoms with Gasteiger partial charge in [-0.3, -0.25) is 0 Å². The van der Waals surface area contributed by atoms with E-state index >= 15 is 0 Å². The van der Waals surface area contributed by atoms with Crippen LogP contribution >= 0.6 is 45.8 Å². The van der Waals surface area contributed by atoms with Crippen molar-refractivity contribution in [3.8, 4) is 0 Å². The normalized spacial score (nSPS) is 10.2. The van der Waals surface area contributed by atoms with E-state index in [2.05, 4.69) is 37.9 Å². The predicted octanol–water partition coefficient (Wildman–Crippen LogP) is 4.13. The number of hydrogen-bond acceptors (Lipinski definition) is 3. The van der Waals surface area contributed by atoms with Gasteiger partial charge in [0.05, 0.1) is 19.3 Å². The van der Waals surface area contributed by atoms with E-state index in [9.17, 15) is 0 Å². The molecule has 82 valence electrons. The highest BCUT2D eigenvalue weighted by atomic mass is 127. The zero-order chi connectivity index (χ0) is 11.5. The predicted molar refractivity (Wildman–Crippen MR) is 74.5 cm³/mol. The average molecular weight is 366 g/mol. The number of hydrogen-bond donors (Lipinski definition) is 1. The van der Waals surface area contributed by atoms with E-state index in [1.807, 2.05) is 12.1 Å². The van der Waals surface area contributed by atoms with Crippen molar-refractivity contribution in [3.63, 3.8) is 0 Å². The molecule has 0 fully saturated rings. The van der Waals surface area contributed by atoms with E-state index in [0.29, 0.717) is 15.9 Å². The van der Waals surface area contributed by atoms with Gasteiger partial charge in [-0.25, -0.2) is 9.97 Å². The zero-order valence-corrected chi connectivity index (χ0v) is 11.6. The smallest absolute Gasteiger partial charge is 0.147 e. The van der Waals surface area contributed by atoms with Crippen LogP contribution in [-0.4, -0.2) is 9.97 Å². The molecule has 0 atom stereocenters. The molecule has 6 heteroatoms. The molecule has 0 aliphatic heterocycles. The Morgan fingerprint density at radius 3 is 2.81 bits per heavy atom. The van der Waals surface area contributed by atoms with E-state index in [1.165, 1.54) is 6.33 Å². The average Bonchev–Trinajstić information content (AvgIpc) is 2.28. The highest BCUT2D eigenvalue weighted by Gasteiger charge is 2.06. The molecule has 0 spiro atoms. The Morgan fingerprint density at radius 1 is 1.25 bits per heavy atom. The number of anilines is 2.